The lowest BCUT2D eigenvalue weighted by Crippen LogP contribution is -2.36. The van der Waals surface area contributed by atoms with Crippen molar-refractivity contribution < 1.29 is 28.1 Å². The molecular formula is C22H13ClFN3O6S. The number of thioether (sulfide) groups is 1. The summed E-state index contributed by atoms with van der Waals surface area (Å²) in [5.41, 5.74) is 0.443. The SMILES string of the molecule is O=C(CN1C(=O)S/C(=C\c2ccc(-c3ccc(Cl)c([N+](=O)[O-])c3)o2)C1=O)Nc1ccc(F)cc1. The maximum absolute atomic E-state index is 13.0. The van der Waals surface area contributed by atoms with E-state index < -0.39 is 34.3 Å². The second-order valence-corrected chi connectivity index (χ2v) is 8.35. The van der Waals surface area contributed by atoms with Crippen LogP contribution in [0.3, 0.4) is 0 Å². The summed E-state index contributed by atoms with van der Waals surface area (Å²) in [6, 6.07) is 12.3. The first-order chi connectivity index (χ1) is 16.2. The van der Waals surface area contributed by atoms with Gasteiger partial charge in [-0.05, 0) is 60.3 Å². The molecule has 1 saturated heterocycles. The van der Waals surface area contributed by atoms with Crippen molar-refractivity contribution in [3.63, 3.8) is 0 Å². The van der Waals surface area contributed by atoms with Crippen molar-refractivity contribution in [2.24, 2.45) is 0 Å². The van der Waals surface area contributed by atoms with Gasteiger partial charge in [0.05, 0.1) is 9.83 Å². The lowest BCUT2D eigenvalue weighted by molar-refractivity contribution is -0.384. The third-order valence-electron chi connectivity index (χ3n) is 4.63. The Hall–Kier alpha value is -3.96. The smallest absolute Gasteiger partial charge is 0.294 e. The van der Waals surface area contributed by atoms with Gasteiger partial charge in [-0.1, -0.05) is 11.6 Å². The molecule has 0 radical (unpaired) electrons. The number of nitro groups is 1. The zero-order valence-corrected chi connectivity index (χ0v) is 18.6. The van der Waals surface area contributed by atoms with Crippen molar-refractivity contribution >= 4 is 57.9 Å². The fourth-order valence-electron chi connectivity index (χ4n) is 3.03. The molecule has 3 aromatic rings. The third-order valence-corrected chi connectivity index (χ3v) is 5.86. The number of nitro benzene ring substituents is 1. The number of nitrogens with one attached hydrogen (secondary N) is 1. The lowest BCUT2D eigenvalue weighted by atomic mass is 10.1. The van der Waals surface area contributed by atoms with Crippen LogP contribution in [0.2, 0.25) is 5.02 Å². The summed E-state index contributed by atoms with van der Waals surface area (Å²) in [6.45, 7) is -0.517. The summed E-state index contributed by atoms with van der Waals surface area (Å²) in [4.78, 5) is 48.4. The Morgan fingerprint density at radius 3 is 2.62 bits per heavy atom. The first-order valence-electron chi connectivity index (χ1n) is 9.56. The highest BCUT2D eigenvalue weighted by atomic mass is 35.5. The molecule has 3 amide bonds. The highest BCUT2D eigenvalue weighted by Crippen LogP contribution is 2.34. The monoisotopic (exact) mass is 501 g/mol. The molecule has 1 N–H and O–H groups in total. The molecule has 1 fully saturated rings. The van der Waals surface area contributed by atoms with Crippen LogP contribution in [0.5, 0.6) is 0 Å². The molecule has 1 aliphatic rings. The predicted octanol–water partition coefficient (Wildman–Crippen LogP) is 5.32. The number of benzene rings is 2. The van der Waals surface area contributed by atoms with Crippen molar-refractivity contribution in [2.75, 3.05) is 11.9 Å². The van der Waals surface area contributed by atoms with Crippen LogP contribution in [-0.4, -0.2) is 33.4 Å². The molecule has 12 heteroatoms. The van der Waals surface area contributed by atoms with E-state index in [0.717, 1.165) is 4.90 Å². The number of anilines is 1. The number of rotatable bonds is 6. The van der Waals surface area contributed by atoms with E-state index in [1.807, 2.05) is 0 Å². The van der Waals surface area contributed by atoms with Crippen LogP contribution in [0.1, 0.15) is 5.76 Å². The largest absolute Gasteiger partial charge is 0.457 e. The fourth-order valence-corrected chi connectivity index (χ4v) is 4.04. The summed E-state index contributed by atoms with van der Waals surface area (Å²) in [5.74, 6) is -1.24. The van der Waals surface area contributed by atoms with Crippen molar-refractivity contribution in [1.82, 2.24) is 4.90 Å². The lowest BCUT2D eigenvalue weighted by Gasteiger charge is -2.12. The number of carbonyl (C=O) groups is 3. The van der Waals surface area contributed by atoms with E-state index in [2.05, 4.69) is 5.32 Å². The minimum absolute atomic E-state index is 0.0160. The maximum atomic E-state index is 13.0. The number of halogens is 2. The Morgan fingerprint density at radius 1 is 1.18 bits per heavy atom. The average Bonchev–Trinajstić information content (AvgIpc) is 3.36. The fraction of sp³-hybridized carbons (Fsp3) is 0.0455. The van der Waals surface area contributed by atoms with Crippen LogP contribution in [0.4, 0.5) is 20.6 Å². The molecule has 1 aliphatic heterocycles. The topological polar surface area (TPSA) is 123 Å². The highest BCUT2D eigenvalue weighted by molar-refractivity contribution is 8.18. The molecule has 2 aromatic carbocycles. The molecule has 9 nitrogen and oxygen atoms in total. The molecule has 0 saturated carbocycles. The molecule has 34 heavy (non-hydrogen) atoms. The van der Waals surface area contributed by atoms with Gasteiger partial charge in [-0.15, -0.1) is 0 Å². The van der Waals surface area contributed by atoms with Crippen molar-refractivity contribution in [2.45, 2.75) is 0 Å². The van der Waals surface area contributed by atoms with Gasteiger partial charge >= 0.3 is 0 Å². The number of furan rings is 1. The van der Waals surface area contributed by atoms with Gasteiger partial charge in [0.15, 0.2) is 0 Å². The second-order valence-electron chi connectivity index (χ2n) is 6.95. The molecule has 172 valence electrons. The zero-order valence-electron chi connectivity index (χ0n) is 17.0. The Morgan fingerprint density at radius 2 is 1.91 bits per heavy atom. The maximum Gasteiger partial charge on any atom is 0.294 e. The van der Waals surface area contributed by atoms with Gasteiger partial charge in [0.2, 0.25) is 5.91 Å². The Labute approximate surface area is 200 Å². The molecule has 0 unspecified atom stereocenters. The van der Waals surface area contributed by atoms with Gasteiger partial charge in [-0.25, -0.2) is 4.39 Å². The van der Waals surface area contributed by atoms with Gasteiger partial charge in [-0.3, -0.25) is 29.4 Å². The predicted molar refractivity (Wildman–Crippen MR) is 124 cm³/mol. The molecule has 0 aliphatic carbocycles. The minimum atomic E-state index is -0.677. The molecule has 2 heterocycles. The molecule has 0 spiro atoms. The average molecular weight is 502 g/mol. The summed E-state index contributed by atoms with van der Waals surface area (Å²) >= 11 is 6.47. The van der Waals surface area contributed by atoms with Crippen molar-refractivity contribution in [3.05, 3.63) is 86.2 Å². The molecular weight excluding hydrogens is 489 g/mol. The van der Waals surface area contributed by atoms with Gasteiger partial charge in [0.1, 0.15) is 28.9 Å². The molecule has 1 aromatic heterocycles. The van der Waals surface area contributed by atoms with Gasteiger partial charge in [-0.2, -0.15) is 0 Å². The number of hydrogen-bond acceptors (Lipinski definition) is 7. The van der Waals surface area contributed by atoms with Crippen molar-refractivity contribution in [3.8, 4) is 11.3 Å². The molecule has 0 atom stereocenters. The summed E-state index contributed by atoms with van der Waals surface area (Å²) < 4.78 is 18.6. The van der Waals surface area contributed by atoms with E-state index in [0.29, 0.717) is 28.8 Å². The number of nitrogens with zero attached hydrogens (tertiary/aromatic N) is 2. The number of carbonyl (C=O) groups excluding carboxylic acids is 3. The summed E-state index contributed by atoms with van der Waals surface area (Å²) in [7, 11) is 0. The minimum Gasteiger partial charge on any atom is -0.457 e. The van der Waals surface area contributed by atoms with Crippen LogP contribution >= 0.6 is 23.4 Å². The first-order valence-corrected chi connectivity index (χ1v) is 10.8. The van der Waals surface area contributed by atoms with Crippen LogP contribution in [-0.2, 0) is 9.59 Å². The van der Waals surface area contributed by atoms with Gasteiger partial charge in [0.25, 0.3) is 16.8 Å². The van der Waals surface area contributed by atoms with Gasteiger partial charge < -0.3 is 9.73 Å². The van der Waals surface area contributed by atoms with Gasteiger partial charge in [0, 0.05) is 23.4 Å². The number of hydrogen-bond donors (Lipinski definition) is 1. The number of imide groups is 1. The molecule has 0 bridgehead atoms. The van der Waals surface area contributed by atoms with E-state index >= 15 is 0 Å². The third kappa shape index (κ3) is 5.00. The molecule has 4 rings (SSSR count). The van der Waals surface area contributed by atoms with Crippen LogP contribution in [0.15, 0.2) is 63.9 Å². The first kappa shape index (κ1) is 23.2. The van der Waals surface area contributed by atoms with E-state index in [1.165, 1.54) is 48.5 Å². The Kier molecular flexibility index (Phi) is 6.48. The standard InChI is InChI=1S/C22H13ClFN3O6S/c23-16-7-1-12(9-17(16)27(31)32)18-8-6-15(33-18)10-19-21(29)26(22(30)34-19)11-20(28)25-14-4-2-13(24)3-5-14/h1-10H,11H2,(H,25,28)/b19-10-. The Balaban J connectivity index is 1.47. The Bertz CT molecular complexity index is 1350. The van der Waals surface area contributed by atoms with Crippen LogP contribution in [0.25, 0.3) is 17.4 Å². The highest BCUT2D eigenvalue weighted by Gasteiger charge is 2.36. The van der Waals surface area contributed by atoms with E-state index in [-0.39, 0.29) is 21.4 Å². The van der Waals surface area contributed by atoms with Crippen LogP contribution < -0.4 is 5.32 Å². The summed E-state index contributed by atoms with van der Waals surface area (Å²) in [5, 5.41) is 12.9. The van der Waals surface area contributed by atoms with E-state index in [4.69, 9.17) is 16.0 Å². The summed E-state index contributed by atoms with van der Waals surface area (Å²) in [6.07, 6.45) is 1.34. The second kappa shape index (κ2) is 9.49. The zero-order chi connectivity index (χ0) is 24.4. The van der Waals surface area contributed by atoms with E-state index in [9.17, 15) is 28.9 Å². The number of amides is 3. The quantitative estimate of drug-likeness (QED) is 0.275. The van der Waals surface area contributed by atoms with Crippen LogP contribution in [0, 0.1) is 15.9 Å². The van der Waals surface area contributed by atoms with Crippen molar-refractivity contribution in [1.29, 1.82) is 0 Å². The van der Waals surface area contributed by atoms with E-state index in [1.54, 1.807) is 12.1 Å². The normalized spacial score (nSPS) is 14.6.